The quantitative estimate of drug-likeness (QED) is 0.775. The monoisotopic (exact) mass is 396 g/mol. The molecule has 8 nitrogen and oxygen atoms in total. The molecule has 8 heteroatoms. The molecule has 2 aromatic carbocycles. The number of ether oxygens (including phenoxy) is 2. The van der Waals surface area contributed by atoms with Gasteiger partial charge in [-0.1, -0.05) is 48.5 Å². The van der Waals surface area contributed by atoms with E-state index in [0.717, 1.165) is 22.3 Å². The second-order valence-electron chi connectivity index (χ2n) is 6.96. The molecule has 1 heterocycles. The molecule has 1 aliphatic carbocycles. The van der Waals surface area contributed by atoms with Gasteiger partial charge < -0.3 is 19.9 Å². The van der Waals surface area contributed by atoms with Crippen molar-refractivity contribution in [3.05, 3.63) is 59.7 Å². The zero-order valence-corrected chi connectivity index (χ0v) is 15.5. The van der Waals surface area contributed by atoms with E-state index in [-0.39, 0.29) is 32.4 Å². The Morgan fingerprint density at radius 2 is 1.66 bits per heavy atom. The van der Waals surface area contributed by atoms with Crippen molar-refractivity contribution >= 4 is 18.0 Å². The number of nitrogens with one attached hydrogen (secondary N) is 1. The van der Waals surface area contributed by atoms with Gasteiger partial charge in [0.1, 0.15) is 26.1 Å². The maximum Gasteiger partial charge on any atom is 0.407 e. The number of carbonyl (C=O) groups excluding carboxylic acids is 2. The third-order valence-corrected chi connectivity index (χ3v) is 5.16. The van der Waals surface area contributed by atoms with Gasteiger partial charge in [0.15, 0.2) is 0 Å². The van der Waals surface area contributed by atoms with Gasteiger partial charge in [0.25, 0.3) is 0 Å². The molecule has 1 saturated heterocycles. The van der Waals surface area contributed by atoms with Crippen LogP contribution in [0.5, 0.6) is 0 Å². The Balaban J connectivity index is 1.40. The maximum atomic E-state index is 12.2. The van der Waals surface area contributed by atoms with Crippen LogP contribution in [0.1, 0.15) is 23.5 Å². The van der Waals surface area contributed by atoms with Gasteiger partial charge in [-0.2, -0.15) is 0 Å². The number of carboxylic acids is 1. The number of hydrogen-bond acceptors (Lipinski definition) is 5. The number of hydrogen-bond donors (Lipinski definition) is 2. The molecular formula is C21H20N2O6. The van der Waals surface area contributed by atoms with Gasteiger partial charge in [-0.05, 0) is 22.3 Å². The molecule has 4 rings (SSSR count). The summed E-state index contributed by atoms with van der Waals surface area (Å²) in [7, 11) is 0. The summed E-state index contributed by atoms with van der Waals surface area (Å²) < 4.78 is 10.2. The normalized spacial score (nSPS) is 15.7. The Morgan fingerprint density at radius 3 is 2.17 bits per heavy atom. The molecule has 0 bridgehead atoms. The van der Waals surface area contributed by atoms with E-state index < -0.39 is 24.0 Å². The van der Waals surface area contributed by atoms with Crippen LogP contribution in [0.4, 0.5) is 4.79 Å². The Morgan fingerprint density at radius 1 is 1.07 bits per heavy atom. The lowest BCUT2D eigenvalue weighted by Crippen LogP contribution is -2.49. The van der Waals surface area contributed by atoms with E-state index in [1.54, 1.807) is 0 Å². The Hall–Kier alpha value is -3.39. The van der Waals surface area contributed by atoms with Crippen molar-refractivity contribution in [1.29, 1.82) is 0 Å². The lowest BCUT2D eigenvalue weighted by atomic mass is 9.98. The second kappa shape index (κ2) is 7.92. The highest BCUT2D eigenvalue weighted by molar-refractivity contribution is 5.87. The zero-order valence-electron chi connectivity index (χ0n) is 15.5. The minimum absolute atomic E-state index is 0.0696. The Bertz CT molecular complexity index is 910. The minimum atomic E-state index is -1.36. The van der Waals surface area contributed by atoms with Gasteiger partial charge in [-0.15, -0.1) is 0 Å². The van der Waals surface area contributed by atoms with Gasteiger partial charge >= 0.3 is 12.1 Å². The standard InChI is InChI=1S/C21H20N2O6/c24-19(23-11-28-12-23)9-18(20(25)26)22-21(27)29-10-17-15-7-3-1-5-13(15)14-6-2-4-8-16(14)17/h1-8,17-18H,9-12H2,(H,22,27)(H,25,26)/t18-/m0/s1. The van der Waals surface area contributed by atoms with Crippen molar-refractivity contribution in [2.75, 3.05) is 20.1 Å². The van der Waals surface area contributed by atoms with Crippen LogP contribution in [0.2, 0.25) is 0 Å². The maximum absolute atomic E-state index is 12.2. The van der Waals surface area contributed by atoms with Crippen molar-refractivity contribution in [1.82, 2.24) is 10.2 Å². The molecular weight excluding hydrogens is 376 g/mol. The lowest BCUT2D eigenvalue weighted by Gasteiger charge is -2.31. The lowest BCUT2D eigenvalue weighted by molar-refractivity contribution is -0.177. The molecule has 2 aromatic rings. The number of amides is 2. The van der Waals surface area contributed by atoms with Crippen LogP contribution in [0, 0.1) is 0 Å². The summed E-state index contributed by atoms with van der Waals surface area (Å²) in [6, 6.07) is 14.5. The largest absolute Gasteiger partial charge is 0.480 e. The smallest absolute Gasteiger partial charge is 0.407 e. The van der Waals surface area contributed by atoms with Crippen molar-refractivity contribution in [2.45, 2.75) is 18.4 Å². The number of fused-ring (bicyclic) bond motifs is 3. The number of aliphatic carboxylic acids is 1. The fraction of sp³-hybridized carbons (Fsp3) is 0.286. The van der Waals surface area contributed by atoms with Gasteiger partial charge in [-0.3, -0.25) is 9.69 Å². The first-order valence-corrected chi connectivity index (χ1v) is 9.24. The summed E-state index contributed by atoms with van der Waals surface area (Å²) in [6.45, 7) is 0.340. The molecule has 0 saturated carbocycles. The summed E-state index contributed by atoms with van der Waals surface area (Å²) in [4.78, 5) is 37.0. The van der Waals surface area contributed by atoms with Crippen LogP contribution in [0.3, 0.4) is 0 Å². The van der Waals surface area contributed by atoms with Gasteiger partial charge in [0.2, 0.25) is 5.91 Å². The van der Waals surface area contributed by atoms with Crippen LogP contribution in [-0.2, 0) is 19.1 Å². The van der Waals surface area contributed by atoms with Crippen LogP contribution >= 0.6 is 0 Å². The first kappa shape index (κ1) is 18.9. The fourth-order valence-corrected chi connectivity index (χ4v) is 3.61. The molecule has 1 aliphatic heterocycles. The van der Waals surface area contributed by atoms with Crippen LogP contribution < -0.4 is 5.32 Å². The Labute approximate surface area is 167 Å². The predicted octanol–water partition coefficient (Wildman–Crippen LogP) is 2.14. The average molecular weight is 396 g/mol. The Kier molecular flexibility index (Phi) is 5.18. The van der Waals surface area contributed by atoms with E-state index in [4.69, 9.17) is 9.47 Å². The zero-order chi connectivity index (χ0) is 20.4. The number of carboxylic acid groups (broad SMARTS) is 1. The molecule has 2 amide bonds. The van der Waals surface area contributed by atoms with E-state index in [0.29, 0.717) is 0 Å². The van der Waals surface area contributed by atoms with Crippen molar-refractivity contribution in [3.63, 3.8) is 0 Å². The second-order valence-corrected chi connectivity index (χ2v) is 6.96. The van der Waals surface area contributed by atoms with Gasteiger partial charge in [0.05, 0.1) is 6.42 Å². The topological polar surface area (TPSA) is 105 Å². The fourth-order valence-electron chi connectivity index (χ4n) is 3.61. The third kappa shape index (κ3) is 3.79. The number of carbonyl (C=O) groups is 3. The number of benzene rings is 2. The number of alkyl carbamates (subject to hydrolysis) is 1. The SMILES string of the molecule is O=C(N[C@@H](CC(=O)N1COC1)C(=O)O)OCC1c2ccccc2-c2ccccc21. The molecule has 2 aliphatic rings. The van der Waals surface area contributed by atoms with E-state index in [1.165, 1.54) is 4.90 Å². The first-order valence-electron chi connectivity index (χ1n) is 9.24. The molecule has 2 N–H and O–H groups in total. The average Bonchev–Trinajstić information content (AvgIpc) is 2.98. The van der Waals surface area contributed by atoms with E-state index in [9.17, 15) is 19.5 Å². The summed E-state index contributed by atoms with van der Waals surface area (Å²) in [5.41, 5.74) is 4.32. The number of nitrogens with zero attached hydrogens (tertiary/aromatic N) is 1. The molecule has 0 spiro atoms. The molecule has 0 radical (unpaired) electrons. The van der Waals surface area contributed by atoms with Crippen molar-refractivity contribution < 1.29 is 29.0 Å². The summed E-state index contributed by atoms with van der Waals surface area (Å²) in [5, 5.41) is 11.6. The molecule has 1 atom stereocenters. The number of rotatable bonds is 6. The van der Waals surface area contributed by atoms with E-state index in [1.807, 2.05) is 48.5 Å². The summed E-state index contributed by atoms with van der Waals surface area (Å²) >= 11 is 0. The van der Waals surface area contributed by atoms with Crippen LogP contribution in [0.15, 0.2) is 48.5 Å². The van der Waals surface area contributed by atoms with Crippen LogP contribution in [-0.4, -0.2) is 54.1 Å². The minimum Gasteiger partial charge on any atom is -0.480 e. The van der Waals surface area contributed by atoms with Gasteiger partial charge in [-0.25, -0.2) is 9.59 Å². The molecule has 0 aromatic heterocycles. The molecule has 29 heavy (non-hydrogen) atoms. The third-order valence-electron chi connectivity index (χ3n) is 5.16. The van der Waals surface area contributed by atoms with Gasteiger partial charge in [0, 0.05) is 5.92 Å². The summed E-state index contributed by atoms with van der Waals surface area (Å²) in [6.07, 6.45) is -1.23. The van der Waals surface area contributed by atoms with E-state index >= 15 is 0 Å². The van der Waals surface area contributed by atoms with Crippen LogP contribution in [0.25, 0.3) is 11.1 Å². The molecule has 0 unspecified atom stereocenters. The highest BCUT2D eigenvalue weighted by Gasteiger charge is 2.31. The first-order chi connectivity index (χ1) is 14.0. The molecule has 150 valence electrons. The highest BCUT2D eigenvalue weighted by atomic mass is 16.6. The van der Waals surface area contributed by atoms with Crippen molar-refractivity contribution in [2.24, 2.45) is 0 Å². The highest BCUT2D eigenvalue weighted by Crippen LogP contribution is 2.44. The van der Waals surface area contributed by atoms with E-state index in [2.05, 4.69) is 5.32 Å². The van der Waals surface area contributed by atoms with Crippen molar-refractivity contribution in [3.8, 4) is 11.1 Å². The molecule has 1 fully saturated rings. The predicted molar refractivity (Wildman–Crippen MR) is 102 cm³/mol. The summed E-state index contributed by atoms with van der Waals surface area (Å²) in [5.74, 6) is -1.83.